The molecule has 1 saturated heterocycles. The van der Waals surface area contributed by atoms with Gasteiger partial charge < -0.3 is 4.90 Å². The van der Waals surface area contributed by atoms with E-state index in [0.29, 0.717) is 4.90 Å². The highest BCUT2D eigenvalue weighted by Crippen LogP contribution is 2.47. The van der Waals surface area contributed by atoms with Crippen molar-refractivity contribution in [3.63, 3.8) is 0 Å². The van der Waals surface area contributed by atoms with Crippen LogP contribution in [0.4, 0.5) is 5.69 Å². The van der Waals surface area contributed by atoms with E-state index in [0.717, 1.165) is 37.2 Å². The zero-order valence-corrected chi connectivity index (χ0v) is 16.5. The van der Waals surface area contributed by atoms with Crippen LogP contribution in [0.3, 0.4) is 0 Å². The first kappa shape index (κ1) is 17.6. The molecule has 4 nitrogen and oxygen atoms in total. The fourth-order valence-electron chi connectivity index (χ4n) is 4.39. The molecule has 0 aromatic heterocycles. The average molecular weight is 371 g/mol. The van der Waals surface area contributed by atoms with Crippen molar-refractivity contribution in [1.82, 2.24) is 4.90 Å². The summed E-state index contributed by atoms with van der Waals surface area (Å²) in [6.07, 6.45) is 1.92. The zero-order chi connectivity index (χ0) is 18.5. The lowest BCUT2D eigenvalue weighted by Gasteiger charge is -2.29. The second-order valence-corrected chi connectivity index (χ2v) is 9.57. The molecule has 5 heteroatoms. The summed E-state index contributed by atoms with van der Waals surface area (Å²) in [6, 6.07) is 13.4. The van der Waals surface area contributed by atoms with E-state index in [4.69, 9.17) is 0 Å². The number of nitrogens with zero attached hydrogens (tertiary/aromatic N) is 2. The minimum Gasteiger partial charge on any atom is -0.306 e. The summed E-state index contributed by atoms with van der Waals surface area (Å²) >= 11 is 0. The normalized spacial score (nSPS) is 23.4. The maximum atomic E-state index is 13.6. The third-order valence-electron chi connectivity index (χ3n) is 5.71. The first-order chi connectivity index (χ1) is 12.4. The second-order valence-electron chi connectivity index (χ2n) is 7.75. The topological polar surface area (TPSA) is 40.6 Å². The number of likely N-dealkylation sites (tertiary alicyclic amines) is 1. The zero-order valence-electron chi connectivity index (χ0n) is 15.6. The standard InChI is InChI=1S/C21H26N2O2S/c1-15-6-9-17(10-7-15)26(24,25)23-20-5-4-12-22(3)14-19(20)18-13-16(2)8-11-21(18)23/h6-11,13,19-20H,4-5,12,14H2,1-3H3/t19-,20+/m1/s1. The van der Waals surface area contributed by atoms with Crippen molar-refractivity contribution in [3.8, 4) is 0 Å². The molecule has 4 rings (SSSR count). The highest BCUT2D eigenvalue weighted by atomic mass is 32.2. The van der Waals surface area contributed by atoms with Crippen LogP contribution in [0.15, 0.2) is 47.4 Å². The molecular weight excluding hydrogens is 344 g/mol. The molecule has 0 spiro atoms. The summed E-state index contributed by atoms with van der Waals surface area (Å²) in [6.45, 7) is 5.97. The summed E-state index contributed by atoms with van der Waals surface area (Å²) in [4.78, 5) is 2.71. The van der Waals surface area contributed by atoms with Gasteiger partial charge in [0.1, 0.15) is 0 Å². The lowest BCUT2D eigenvalue weighted by atomic mass is 9.92. The maximum absolute atomic E-state index is 13.6. The second kappa shape index (κ2) is 6.39. The Labute approximate surface area is 156 Å². The van der Waals surface area contributed by atoms with E-state index in [1.165, 1.54) is 11.1 Å². The van der Waals surface area contributed by atoms with Gasteiger partial charge in [0.05, 0.1) is 16.6 Å². The number of hydrogen-bond donors (Lipinski definition) is 0. The summed E-state index contributed by atoms with van der Waals surface area (Å²) in [5, 5.41) is 0. The van der Waals surface area contributed by atoms with Crippen molar-refractivity contribution < 1.29 is 8.42 Å². The van der Waals surface area contributed by atoms with Gasteiger partial charge in [-0.15, -0.1) is 0 Å². The van der Waals surface area contributed by atoms with Crippen molar-refractivity contribution in [2.24, 2.45) is 0 Å². The van der Waals surface area contributed by atoms with E-state index in [1.54, 1.807) is 16.4 Å². The number of aryl methyl sites for hydroxylation is 2. The Morgan fingerprint density at radius 3 is 2.42 bits per heavy atom. The highest BCUT2D eigenvalue weighted by molar-refractivity contribution is 7.92. The number of sulfonamides is 1. The van der Waals surface area contributed by atoms with Crippen LogP contribution in [0, 0.1) is 13.8 Å². The number of benzene rings is 2. The molecule has 1 fully saturated rings. The van der Waals surface area contributed by atoms with Gasteiger partial charge in [-0.05, 0) is 64.0 Å². The summed E-state index contributed by atoms with van der Waals surface area (Å²) in [5.74, 6) is 0.234. The van der Waals surface area contributed by atoms with Crippen molar-refractivity contribution in [1.29, 1.82) is 0 Å². The lowest BCUT2D eigenvalue weighted by molar-refractivity contribution is 0.331. The molecule has 0 saturated carbocycles. The van der Waals surface area contributed by atoms with Crippen LogP contribution >= 0.6 is 0 Å². The molecule has 2 aliphatic heterocycles. The number of likely N-dealkylation sites (N-methyl/N-ethyl adjacent to an activating group) is 1. The van der Waals surface area contributed by atoms with E-state index in [9.17, 15) is 8.42 Å². The Bertz CT molecular complexity index is 922. The van der Waals surface area contributed by atoms with Crippen LogP contribution < -0.4 is 4.31 Å². The number of fused-ring (bicyclic) bond motifs is 3. The smallest absolute Gasteiger partial charge is 0.264 e. The third kappa shape index (κ3) is 2.83. The van der Waals surface area contributed by atoms with Gasteiger partial charge in [-0.25, -0.2) is 8.42 Å². The summed E-state index contributed by atoms with van der Waals surface area (Å²) in [7, 11) is -1.44. The molecule has 2 aliphatic rings. The van der Waals surface area contributed by atoms with Gasteiger partial charge in [0.15, 0.2) is 0 Å². The van der Waals surface area contributed by atoms with Gasteiger partial charge >= 0.3 is 0 Å². The molecule has 0 radical (unpaired) electrons. The minimum atomic E-state index is -3.57. The first-order valence-electron chi connectivity index (χ1n) is 9.28. The summed E-state index contributed by atoms with van der Waals surface area (Å²) in [5.41, 5.74) is 4.29. The molecule has 0 N–H and O–H groups in total. The monoisotopic (exact) mass is 370 g/mol. The molecule has 2 heterocycles. The van der Waals surface area contributed by atoms with E-state index < -0.39 is 10.0 Å². The molecular formula is C21H26N2O2S. The molecule has 0 unspecified atom stereocenters. The van der Waals surface area contributed by atoms with Crippen molar-refractivity contribution in [2.45, 2.75) is 43.5 Å². The van der Waals surface area contributed by atoms with E-state index in [-0.39, 0.29) is 12.0 Å². The van der Waals surface area contributed by atoms with Gasteiger partial charge in [-0.2, -0.15) is 0 Å². The van der Waals surface area contributed by atoms with E-state index in [2.05, 4.69) is 24.9 Å². The van der Waals surface area contributed by atoms with Crippen LogP contribution in [-0.4, -0.2) is 39.5 Å². The average Bonchev–Trinajstić information content (AvgIpc) is 2.76. The molecule has 2 aromatic carbocycles. The third-order valence-corrected chi connectivity index (χ3v) is 7.56. The van der Waals surface area contributed by atoms with Crippen molar-refractivity contribution >= 4 is 15.7 Å². The fraction of sp³-hybridized carbons (Fsp3) is 0.429. The predicted molar refractivity (Wildman–Crippen MR) is 105 cm³/mol. The summed E-state index contributed by atoms with van der Waals surface area (Å²) < 4.78 is 28.8. The van der Waals surface area contributed by atoms with Crippen LogP contribution in [0.25, 0.3) is 0 Å². The number of hydrogen-bond acceptors (Lipinski definition) is 3. The van der Waals surface area contributed by atoms with E-state index in [1.807, 2.05) is 31.2 Å². The van der Waals surface area contributed by atoms with Crippen molar-refractivity contribution in [3.05, 3.63) is 59.2 Å². The molecule has 2 atom stereocenters. The molecule has 0 aliphatic carbocycles. The number of rotatable bonds is 2. The predicted octanol–water partition coefficient (Wildman–Crippen LogP) is 3.69. The molecule has 26 heavy (non-hydrogen) atoms. The fourth-order valence-corrected chi connectivity index (χ4v) is 6.13. The number of anilines is 1. The Morgan fingerprint density at radius 2 is 1.69 bits per heavy atom. The lowest BCUT2D eigenvalue weighted by Crippen LogP contribution is -2.40. The Kier molecular flexibility index (Phi) is 4.32. The van der Waals surface area contributed by atoms with Gasteiger partial charge in [0.2, 0.25) is 0 Å². The highest BCUT2D eigenvalue weighted by Gasteiger charge is 2.45. The van der Waals surface area contributed by atoms with Crippen LogP contribution in [0.5, 0.6) is 0 Å². The van der Waals surface area contributed by atoms with Gasteiger partial charge in [0, 0.05) is 12.5 Å². The molecule has 138 valence electrons. The quantitative estimate of drug-likeness (QED) is 0.809. The van der Waals surface area contributed by atoms with Gasteiger partial charge in [0.25, 0.3) is 10.0 Å². The minimum absolute atomic E-state index is 0.00283. The Morgan fingerprint density at radius 1 is 1.00 bits per heavy atom. The molecule has 2 aromatic rings. The Hall–Kier alpha value is -1.85. The first-order valence-corrected chi connectivity index (χ1v) is 10.7. The maximum Gasteiger partial charge on any atom is 0.264 e. The molecule has 0 bridgehead atoms. The SMILES string of the molecule is Cc1ccc(S(=O)(=O)N2c3ccc(C)cc3[C@H]3CN(C)CCC[C@@H]32)cc1. The Balaban J connectivity index is 1.86. The largest absolute Gasteiger partial charge is 0.306 e. The van der Waals surface area contributed by atoms with Crippen molar-refractivity contribution in [2.75, 3.05) is 24.4 Å². The van der Waals surface area contributed by atoms with Gasteiger partial charge in [-0.1, -0.05) is 35.4 Å². The van der Waals surface area contributed by atoms with Crippen LogP contribution in [0.2, 0.25) is 0 Å². The van der Waals surface area contributed by atoms with Crippen LogP contribution in [0.1, 0.15) is 35.4 Å². The van der Waals surface area contributed by atoms with Gasteiger partial charge in [-0.3, -0.25) is 4.31 Å². The van der Waals surface area contributed by atoms with Crippen LogP contribution in [-0.2, 0) is 10.0 Å². The molecule has 0 amide bonds. The van der Waals surface area contributed by atoms with E-state index >= 15 is 0 Å².